The Kier molecular flexibility index (Phi) is 15.0. The predicted octanol–water partition coefficient (Wildman–Crippen LogP) is 4.31. The molecular weight excluding hydrogens is 500 g/mol. The second-order valence-electron chi connectivity index (χ2n) is 10.8. The van der Waals surface area contributed by atoms with E-state index in [9.17, 15) is 24.3 Å². The molecule has 10 nitrogen and oxygen atoms in total. The first-order valence-corrected chi connectivity index (χ1v) is 14.0. The molecule has 10 heteroatoms. The van der Waals surface area contributed by atoms with Crippen molar-refractivity contribution >= 4 is 23.8 Å². The minimum absolute atomic E-state index is 0.0496. The zero-order chi connectivity index (χ0) is 29.4. The Morgan fingerprint density at radius 3 is 2.23 bits per heavy atom. The number of nitrogens with two attached hydrogens (primary N) is 1. The Morgan fingerprint density at radius 1 is 1.00 bits per heavy atom. The second kappa shape index (κ2) is 17.3. The van der Waals surface area contributed by atoms with Crippen molar-refractivity contribution in [3.05, 3.63) is 29.8 Å². The molecule has 0 fully saturated rings. The van der Waals surface area contributed by atoms with E-state index in [1.807, 2.05) is 6.92 Å². The topological polar surface area (TPSA) is 151 Å². The van der Waals surface area contributed by atoms with E-state index in [4.69, 9.17) is 10.5 Å². The lowest BCUT2D eigenvalue weighted by Gasteiger charge is -2.34. The molecule has 0 saturated heterocycles. The lowest BCUT2D eigenvalue weighted by molar-refractivity contribution is -0.143. The number of alkyl carbamates (subject to hydrolysis) is 1. The molecule has 0 saturated carbocycles. The summed E-state index contributed by atoms with van der Waals surface area (Å²) < 4.78 is 5.30. The van der Waals surface area contributed by atoms with Crippen molar-refractivity contribution < 1.29 is 29.0 Å². The monoisotopic (exact) mass is 548 g/mol. The number of carbonyl (C=O) groups excluding carboxylic acids is 4. The zero-order valence-corrected chi connectivity index (χ0v) is 24.3. The van der Waals surface area contributed by atoms with Crippen LogP contribution in [-0.2, 0) is 19.1 Å². The number of aromatic hydroxyl groups is 1. The van der Waals surface area contributed by atoms with Crippen molar-refractivity contribution in [1.29, 1.82) is 0 Å². The van der Waals surface area contributed by atoms with Gasteiger partial charge in [-0.25, -0.2) is 4.79 Å². The van der Waals surface area contributed by atoms with E-state index in [2.05, 4.69) is 17.6 Å². The largest absolute Gasteiger partial charge is 0.508 e. The molecule has 1 rings (SSSR count). The molecule has 0 aromatic heterocycles. The lowest BCUT2D eigenvalue weighted by atomic mass is 10.0. The zero-order valence-electron chi connectivity index (χ0n) is 24.3. The van der Waals surface area contributed by atoms with E-state index in [1.54, 1.807) is 32.9 Å². The van der Waals surface area contributed by atoms with Crippen LogP contribution in [0.25, 0.3) is 0 Å². The summed E-state index contributed by atoms with van der Waals surface area (Å²) in [5.41, 5.74) is 5.02. The van der Waals surface area contributed by atoms with Crippen LogP contribution in [0.5, 0.6) is 5.75 Å². The number of nitrogens with zero attached hydrogens (tertiary/aromatic N) is 1. The number of unbranched alkanes of at least 4 members (excludes halogenated alkanes) is 6. The SMILES string of the molecule is CCCCCCCCN(C(=O)C(CC(N)=O)NC(=O)OC(C)(C)C)C(C(=O)NCCCC)c1cccc(O)c1. The Morgan fingerprint density at radius 2 is 1.64 bits per heavy atom. The first kappa shape index (κ1) is 33.7. The van der Waals surface area contributed by atoms with Gasteiger partial charge in [0, 0.05) is 13.1 Å². The number of amides is 4. The van der Waals surface area contributed by atoms with Gasteiger partial charge in [0.05, 0.1) is 6.42 Å². The molecule has 0 bridgehead atoms. The van der Waals surface area contributed by atoms with Crippen LogP contribution >= 0.6 is 0 Å². The number of primary amides is 1. The van der Waals surface area contributed by atoms with Crippen molar-refractivity contribution in [3.63, 3.8) is 0 Å². The number of phenols is 1. The third-order valence-corrected chi connectivity index (χ3v) is 6.01. The van der Waals surface area contributed by atoms with E-state index in [0.29, 0.717) is 18.5 Å². The summed E-state index contributed by atoms with van der Waals surface area (Å²) in [6.45, 7) is 9.81. The first-order valence-electron chi connectivity index (χ1n) is 14.0. The highest BCUT2D eigenvalue weighted by Gasteiger charge is 2.36. The number of ether oxygens (including phenoxy) is 1. The standard InChI is InChI=1S/C29H48N4O6/c1-6-8-10-11-12-13-18-33(27(37)23(20-24(30)35)32-28(38)39-29(3,4)5)25(26(36)31-17-9-7-2)21-15-14-16-22(34)19-21/h14-16,19,23,25,34H,6-13,17-18,20H2,1-5H3,(H2,30,35)(H,31,36)(H,32,38). The van der Waals surface area contributed by atoms with Gasteiger partial charge in [0.2, 0.25) is 17.7 Å². The summed E-state index contributed by atoms with van der Waals surface area (Å²) in [5, 5.41) is 15.5. The van der Waals surface area contributed by atoms with Gasteiger partial charge < -0.3 is 31.1 Å². The summed E-state index contributed by atoms with van der Waals surface area (Å²) >= 11 is 0. The van der Waals surface area contributed by atoms with E-state index < -0.39 is 47.9 Å². The molecule has 5 N–H and O–H groups in total. The number of hydrogen-bond donors (Lipinski definition) is 4. The van der Waals surface area contributed by atoms with Gasteiger partial charge in [0.25, 0.3) is 0 Å². The third-order valence-electron chi connectivity index (χ3n) is 6.01. The Balaban J connectivity index is 3.41. The Labute approximate surface area is 233 Å². The van der Waals surface area contributed by atoms with Gasteiger partial charge in [-0.1, -0.05) is 64.5 Å². The van der Waals surface area contributed by atoms with Crippen molar-refractivity contribution in [2.24, 2.45) is 5.73 Å². The fourth-order valence-corrected chi connectivity index (χ4v) is 4.13. The fraction of sp³-hybridized carbons (Fsp3) is 0.655. The highest BCUT2D eigenvalue weighted by atomic mass is 16.6. The number of carbonyl (C=O) groups is 4. The highest BCUT2D eigenvalue weighted by molar-refractivity contribution is 5.94. The molecule has 0 aliphatic heterocycles. The summed E-state index contributed by atoms with van der Waals surface area (Å²) in [6.07, 6.45) is 6.03. The van der Waals surface area contributed by atoms with Crippen LogP contribution < -0.4 is 16.4 Å². The van der Waals surface area contributed by atoms with Crippen LogP contribution in [0, 0.1) is 0 Å². The minimum atomic E-state index is -1.33. The van der Waals surface area contributed by atoms with Gasteiger partial charge >= 0.3 is 6.09 Å². The van der Waals surface area contributed by atoms with E-state index in [1.165, 1.54) is 17.0 Å². The van der Waals surface area contributed by atoms with Crippen LogP contribution in [0.3, 0.4) is 0 Å². The Hall–Kier alpha value is -3.30. The van der Waals surface area contributed by atoms with Gasteiger partial charge in [0.15, 0.2) is 0 Å². The predicted molar refractivity (Wildman–Crippen MR) is 151 cm³/mol. The van der Waals surface area contributed by atoms with E-state index in [-0.39, 0.29) is 12.3 Å². The molecular formula is C29H48N4O6. The molecule has 39 heavy (non-hydrogen) atoms. The second-order valence-corrected chi connectivity index (χ2v) is 10.8. The van der Waals surface area contributed by atoms with Crippen molar-refractivity contribution in [2.75, 3.05) is 13.1 Å². The van der Waals surface area contributed by atoms with Crippen molar-refractivity contribution in [1.82, 2.24) is 15.5 Å². The number of hydrogen-bond acceptors (Lipinski definition) is 6. The summed E-state index contributed by atoms with van der Waals surface area (Å²) in [5.74, 6) is -1.88. The van der Waals surface area contributed by atoms with Crippen molar-refractivity contribution in [2.45, 2.75) is 110 Å². The molecule has 0 aliphatic carbocycles. The molecule has 4 amide bonds. The normalized spacial score (nSPS) is 12.7. The average Bonchev–Trinajstić information content (AvgIpc) is 2.83. The summed E-state index contributed by atoms with van der Waals surface area (Å²) in [6, 6.07) is 3.76. The molecule has 2 atom stereocenters. The number of phenolic OH excluding ortho intramolecular Hbond substituents is 1. The highest BCUT2D eigenvalue weighted by Crippen LogP contribution is 2.26. The molecule has 220 valence electrons. The molecule has 0 aliphatic rings. The quantitative estimate of drug-likeness (QED) is 0.213. The molecule has 1 aromatic rings. The Bertz CT molecular complexity index is 931. The van der Waals surface area contributed by atoms with Gasteiger partial charge in [-0.15, -0.1) is 0 Å². The van der Waals surface area contributed by atoms with E-state index in [0.717, 1.165) is 44.9 Å². The molecule has 0 radical (unpaired) electrons. The molecule has 2 unspecified atom stereocenters. The maximum atomic E-state index is 14.0. The number of rotatable bonds is 17. The van der Waals surface area contributed by atoms with Gasteiger partial charge in [0.1, 0.15) is 23.4 Å². The average molecular weight is 549 g/mol. The van der Waals surface area contributed by atoms with Gasteiger partial charge in [-0.2, -0.15) is 0 Å². The first-order chi connectivity index (χ1) is 18.4. The van der Waals surface area contributed by atoms with Crippen molar-refractivity contribution in [3.8, 4) is 5.75 Å². The summed E-state index contributed by atoms with van der Waals surface area (Å²) in [7, 11) is 0. The number of benzene rings is 1. The van der Waals surface area contributed by atoms with Crippen LogP contribution in [0.1, 0.15) is 104 Å². The minimum Gasteiger partial charge on any atom is -0.508 e. The maximum absolute atomic E-state index is 14.0. The van der Waals surface area contributed by atoms with Crippen LogP contribution in [0.2, 0.25) is 0 Å². The smallest absolute Gasteiger partial charge is 0.408 e. The number of nitrogens with one attached hydrogen (secondary N) is 2. The van der Waals surface area contributed by atoms with Gasteiger partial charge in [-0.05, 0) is 51.3 Å². The van der Waals surface area contributed by atoms with E-state index >= 15 is 0 Å². The molecule has 1 aromatic carbocycles. The lowest BCUT2D eigenvalue weighted by Crippen LogP contribution is -2.54. The fourth-order valence-electron chi connectivity index (χ4n) is 4.13. The summed E-state index contributed by atoms with van der Waals surface area (Å²) in [4.78, 5) is 53.3. The van der Waals surface area contributed by atoms with Crippen LogP contribution in [-0.4, -0.2) is 58.6 Å². The van der Waals surface area contributed by atoms with Crippen LogP contribution in [0.15, 0.2) is 24.3 Å². The maximum Gasteiger partial charge on any atom is 0.408 e. The van der Waals surface area contributed by atoms with Crippen LogP contribution in [0.4, 0.5) is 4.79 Å². The third kappa shape index (κ3) is 13.4. The molecule has 0 heterocycles. The molecule has 0 spiro atoms. The van der Waals surface area contributed by atoms with Gasteiger partial charge in [-0.3, -0.25) is 14.4 Å².